The van der Waals surface area contributed by atoms with Gasteiger partial charge in [-0.1, -0.05) is 143 Å². The molecule has 0 nitrogen and oxygen atoms in total. The maximum absolute atomic E-state index is 3.36. The zero-order chi connectivity index (χ0) is 24.6. The van der Waals surface area contributed by atoms with Crippen molar-refractivity contribution in [2.75, 3.05) is 0 Å². The lowest BCUT2D eigenvalue weighted by Crippen LogP contribution is -2.22. The lowest BCUT2D eigenvalue weighted by molar-refractivity contribution is 0.691. The van der Waals surface area contributed by atoms with Gasteiger partial charge in [0.05, 0.1) is 0 Å². The van der Waals surface area contributed by atoms with Crippen LogP contribution in [0.15, 0.2) is 97.1 Å². The fourth-order valence-electron chi connectivity index (χ4n) is 3.47. The number of hydrogen-bond acceptors (Lipinski definition) is 0. The highest BCUT2D eigenvalue weighted by Crippen LogP contribution is 2.46. The maximum atomic E-state index is 3.36. The topological polar surface area (TPSA) is 0 Å². The van der Waals surface area contributed by atoms with Gasteiger partial charge in [-0.25, -0.2) is 0 Å². The largest absolute Gasteiger partial charge is 0.103 e. The van der Waals surface area contributed by atoms with Gasteiger partial charge in [-0.3, -0.25) is 0 Å². The van der Waals surface area contributed by atoms with Gasteiger partial charge in [0, 0.05) is 5.41 Å². The van der Waals surface area contributed by atoms with E-state index in [1.807, 2.05) is 52.8 Å². The van der Waals surface area contributed by atoms with Gasteiger partial charge < -0.3 is 0 Å². The molecule has 180 valence electrons. The van der Waals surface area contributed by atoms with Crippen molar-refractivity contribution in [3.8, 4) is 0 Å². The van der Waals surface area contributed by atoms with Crippen molar-refractivity contribution in [1.29, 1.82) is 0 Å². The number of allylic oxidation sites excluding steroid dienone is 2. The van der Waals surface area contributed by atoms with E-state index in [0.717, 1.165) is 0 Å². The number of rotatable bonds is 1. The van der Waals surface area contributed by atoms with Crippen LogP contribution in [0.5, 0.6) is 0 Å². The summed E-state index contributed by atoms with van der Waals surface area (Å²) in [6.45, 7) is 22.0. The lowest BCUT2D eigenvalue weighted by Gasteiger charge is -2.29. The van der Waals surface area contributed by atoms with Gasteiger partial charge in [-0.15, -0.1) is 6.58 Å². The molecule has 3 aromatic carbocycles. The molecule has 3 aromatic rings. The quantitative estimate of drug-likeness (QED) is 0.327. The highest BCUT2D eigenvalue weighted by molar-refractivity contribution is 5.72. The van der Waals surface area contributed by atoms with Crippen LogP contribution in [0.4, 0.5) is 0 Å². The summed E-state index contributed by atoms with van der Waals surface area (Å²) in [4.78, 5) is 0. The molecule has 1 aliphatic carbocycles. The van der Waals surface area contributed by atoms with E-state index in [0.29, 0.717) is 0 Å². The van der Waals surface area contributed by atoms with Gasteiger partial charge in [0.1, 0.15) is 0 Å². The third-order valence-corrected chi connectivity index (χ3v) is 5.23. The molecule has 0 N–H and O–H groups in total. The zero-order valence-electron chi connectivity index (χ0n) is 21.9. The molecule has 1 aliphatic rings. The van der Waals surface area contributed by atoms with Crippen LogP contribution >= 0.6 is 0 Å². The van der Waals surface area contributed by atoms with Crippen LogP contribution in [-0.4, -0.2) is 0 Å². The lowest BCUT2D eigenvalue weighted by atomic mass is 9.74. The Hall–Kier alpha value is -2.86. The molecule has 1 unspecified atom stereocenters. The molecule has 0 aromatic heterocycles. The fourth-order valence-corrected chi connectivity index (χ4v) is 3.47. The predicted octanol–water partition coefficient (Wildman–Crippen LogP) is 10.6. The average molecular weight is 445 g/mol. The smallest absolute Gasteiger partial charge is 0.0389 e. The van der Waals surface area contributed by atoms with E-state index in [9.17, 15) is 0 Å². The van der Waals surface area contributed by atoms with Crippen LogP contribution in [0.2, 0.25) is 0 Å². The van der Waals surface area contributed by atoms with Crippen LogP contribution in [0.25, 0.3) is 6.08 Å². The molecule has 0 spiro atoms. The SMILES string of the molecule is C.C=CC.CC.CC.CC1=Cc2ccccc2C1(C)c1ccc(C)cc1.Cc1ccccc1. The van der Waals surface area contributed by atoms with Crippen LogP contribution in [0.3, 0.4) is 0 Å². The highest BCUT2D eigenvalue weighted by Gasteiger charge is 2.36. The first-order chi connectivity index (χ1) is 15.4. The van der Waals surface area contributed by atoms with Crippen LogP contribution < -0.4 is 0 Å². The normalized spacial score (nSPS) is 14.4. The van der Waals surface area contributed by atoms with Crippen LogP contribution in [0, 0.1) is 13.8 Å². The minimum Gasteiger partial charge on any atom is -0.103 e. The second kappa shape index (κ2) is 17.7. The maximum Gasteiger partial charge on any atom is 0.0389 e. The van der Waals surface area contributed by atoms with Crippen molar-refractivity contribution in [3.05, 3.63) is 125 Å². The molecule has 1 atom stereocenters. The molecule has 0 bridgehead atoms. The summed E-state index contributed by atoms with van der Waals surface area (Å²) >= 11 is 0. The predicted molar refractivity (Wildman–Crippen MR) is 154 cm³/mol. The molecule has 0 aliphatic heterocycles. The van der Waals surface area contributed by atoms with Gasteiger partial charge in [-0.2, -0.15) is 0 Å². The number of aryl methyl sites for hydroxylation is 2. The van der Waals surface area contributed by atoms with Gasteiger partial charge in [0.25, 0.3) is 0 Å². The number of hydrogen-bond donors (Lipinski definition) is 0. The van der Waals surface area contributed by atoms with E-state index >= 15 is 0 Å². The summed E-state index contributed by atoms with van der Waals surface area (Å²) in [6.07, 6.45) is 4.06. The Bertz CT molecular complexity index is 914. The van der Waals surface area contributed by atoms with Crippen molar-refractivity contribution in [1.82, 2.24) is 0 Å². The molecule has 0 saturated carbocycles. The summed E-state index contributed by atoms with van der Waals surface area (Å²) in [6, 6.07) is 27.9. The van der Waals surface area contributed by atoms with Gasteiger partial charge in [-0.05, 0) is 51.3 Å². The van der Waals surface area contributed by atoms with E-state index in [1.165, 1.54) is 33.4 Å². The fraction of sp³-hybridized carbons (Fsp3) is 0.333. The van der Waals surface area contributed by atoms with Crippen molar-refractivity contribution in [2.24, 2.45) is 0 Å². The molecule has 33 heavy (non-hydrogen) atoms. The summed E-state index contributed by atoms with van der Waals surface area (Å²) in [5, 5.41) is 0. The van der Waals surface area contributed by atoms with Crippen molar-refractivity contribution >= 4 is 6.08 Å². The Morgan fingerprint density at radius 1 is 0.667 bits per heavy atom. The minimum absolute atomic E-state index is 0. The molecule has 0 heterocycles. The molecular weight excluding hydrogens is 396 g/mol. The standard InChI is InChI=1S/C18H18.C7H8.C3H6.2C2H6.CH4/c1-13-8-10-16(11-9-13)18(3)14(2)12-15-6-4-5-7-17(15)18;1-7-5-3-2-4-6-7;1-3-2;2*1-2;/h4-12H,1-3H3;2-6H,1H3;3H,1H2,2H3;2*1-2H3;1H4. The van der Waals surface area contributed by atoms with E-state index < -0.39 is 0 Å². The second-order valence-corrected chi connectivity index (χ2v) is 7.47. The van der Waals surface area contributed by atoms with Crippen LogP contribution in [0.1, 0.15) is 83.7 Å². The molecule has 4 rings (SSSR count). The Balaban J connectivity index is 0. The Labute approximate surface area is 206 Å². The highest BCUT2D eigenvalue weighted by atomic mass is 14.4. The van der Waals surface area contributed by atoms with Gasteiger partial charge >= 0.3 is 0 Å². The van der Waals surface area contributed by atoms with Crippen molar-refractivity contribution in [3.63, 3.8) is 0 Å². The summed E-state index contributed by atoms with van der Waals surface area (Å²) in [5.41, 5.74) is 8.26. The first kappa shape index (κ1) is 32.3. The first-order valence-electron chi connectivity index (χ1n) is 11.9. The monoisotopic (exact) mass is 444 g/mol. The third-order valence-electron chi connectivity index (χ3n) is 5.23. The summed E-state index contributed by atoms with van der Waals surface area (Å²) < 4.78 is 0. The Morgan fingerprint density at radius 3 is 1.55 bits per heavy atom. The van der Waals surface area contributed by atoms with Gasteiger partial charge in [0.2, 0.25) is 0 Å². The molecule has 0 radical (unpaired) electrons. The van der Waals surface area contributed by atoms with E-state index in [2.05, 4.69) is 101 Å². The molecular formula is C33H48. The summed E-state index contributed by atoms with van der Waals surface area (Å²) in [7, 11) is 0. The van der Waals surface area contributed by atoms with E-state index in [4.69, 9.17) is 0 Å². The number of benzene rings is 3. The zero-order valence-corrected chi connectivity index (χ0v) is 21.9. The van der Waals surface area contributed by atoms with Crippen molar-refractivity contribution in [2.45, 2.75) is 75.2 Å². The van der Waals surface area contributed by atoms with Gasteiger partial charge in [0.15, 0.2) is 0 Å². The molecule has 0 saturated heterocycles. The second-order valence-electron chi connectivity index (χ2n) is 7.47. The minimum atomic E-state index is 0. The third kappa shape index (κ3) is 9.26. The summed E-state index contributed by atoms with van der Waals surface area (Å²) in [5.74, 6) is 0. The molecule has 0 fully saturated rings. The average Bonchev–Trinajstić information content (AvgIpc) is 3.09. The Kier molecular flexibility index (Phi) is 17.3. The first-order valence-corrected chi connectivity index (χ1v) is 11.9. The number of fused-ring (bicyclic) bond motifs is 1. The van der Waals surface area contributed by atoms with E-state index in [-0.39, 0.29) is 12.8 Å². The molecule has 0 amide bonds. The molecule has 0 heteroatoms. The van der Waals surface area contributed by atoms with Crippen molar-refractivity contribution < 1.29 is 0 Å². The van der Waals surface area contributed by atoms with Crippen LogP contribution in [-0.2, 0) is 5.41 Å². The Morgan fingerprint density at radius 2 is 1.09 bits per heavy atom. The van der Waals surface area contributed by atoms with E-state index in [1.54, 1.807) is 6.08 Å².